The molecule has 7 nitrogen and oxygen atoms in total. The fourth-order valence-corrected chi connectivity index (χ4v) is 6.82. The van der Waals surface area contributed by atoms with Gasteiger partial charge in [0, 0.05) is 33.7 Å². The van der Waals surface area contributed by atoms with E-state index in [1.54, 1.807) is 23.6 Å². The molecule has 12 heteroatoms. The monoisotopic (exact) mass is 639 g/mol. The van der Waals surface area contributed by atoms with Crippen LogP contribution in [0.4, 0.5) is 15.2 Å². The molecule has 0 fully saturated rings. The normalized spacial score (nSPS) is 12.2. The highest BCUT2D eigenvalue weighted by atomic mass is 79.9. The fourth-order valence-electron chi connectivity index (χ4n) is 3.78. The van der Waals surface area contributed by atoms with Crippen LogP contribution in [0.1, 0.15) is 24.1 Å². The van der Waals surface area contributed by atoms with Crippen molar-refractivity contribution in [3.05, 3.63) is 92.6 Å². The zero-order valence-corrected chi connectivity index (χ0v) is 24.6. The lowest BCUT2D eigenvalue weighted by Crippen LogP contribution is -2.31. The Hall–Kier alpha value is -2.86. The highest BCUT2D eigenvalue weighted by Gasteiger charge is 2.32. The van der Waals surface area contributed by atoms with Gasteiger partial charge in [-0.2, -0.15) is 0 Å². The van der Waals surface area contributed by atoms with Crippen molar-refractivity contribution in [1.29, 1.82) is 0 Å². The summed E-state index contributed by atoms with van der Waals surface area (Å²) in [6.45, 7) is 1.74. The number of rotatable bonds is 10. The number of benzene rings is 3. The van der Waals surface area contributed by atoms with Crippen molar-refractivity contribution in [3.8, 4) is 11.5 Å². The molecule has 0 aliphatic heterocycles. The largest absolute Gasteiger partial charge is 0.497 e. The van der Waals surface area contributed by atoms with Crippen LogP contribution in [0.15, 0.2) is 75.5 Å². The maximum absolute atomic E-state index is 15.5. The van der Waals surface area contributed by atoms with E-state index in [2.05, 4.69) is 26.2 Å². The number of hydrogen-bond acceptors (Lipinski definition) is 7. The molecule has 200 valence electrons. The van der Waals surface area contributed by atoms with Crippen LogP contribution in [-0.4, -0.2) is 27.6 Å². The standard InChI is InChI=1S/C26H24BrClFN3O4S2/c1-16(17-5-4-6-19(27)11-17)31-23-14-22(29)25(13-21(23)28)38(33,34)32(26-30-9-10-37-26)15-18-7-8-20(35-2)12-24(18)36-3/h4-14,16,31H,15H2,1-3H3. The predicted octanol–water partition coefficient (Wildman–Crippen LogP) is 7.28. The van der Waals surface area contributed by atoms with Crippen molar-refractivity contribution in [1.82, 2.24) is 4.98 Å². The molecule has 1 aromatic heterocycles. The van der Waals surface area contributed by atoms with Gasteiger partial charge in [-0.1, -0.05) is 39.7 Å². The number of nitrogens with one attached hydrogen (secondary N) is 1. The molecular formula is C26H24BrClFN3O4S2. The molecular weight excluding hydrogens is 617 g/mol. The molecule has 0 amide bonds. The lowest BCUT2D eigenvalue weighted by atomic mass is 10.1. The van der Waals surface area contributed by atoms with E-state index in [0.717, 1.165) is 37.8 Å². The number of thiazole rings is 1. The lowest BCUT2D eigenvalue weighted by molar-refractivity contribution is 0.391. The molecule has 0 bridgehead atoms. The Morgan fingerprint density at radius 1 is 1.16 bits per heavy atom. The fraction of sp³-hybridized carbons (Fsp3) is 0.192. The predicted molar refractivity (Wildman–Crippen MR) is 153 cm³/mol. The van der Waals surface area contributed by atoms with Crippen LogP contribution in [0.3, 0.4) is 0 Å². The van der Waals surface area contributed by atoms with Crippen LogP contribution in [0.5, 0.6) is 11.5 Å². The number of aromatic nitrogens is 1. The molecule has 0 saturated carbocycles. The van der Waals surface area contributed by atoms with Crippen LogP contribution < -0.4 is 19.1 Å². The second kappa shape index (κ2) is 11.9. The summed E-state index contributed by atoms with van der Waals surface area (Å²) in [6, 6.07) is 14.7. The summed E-state index contributed by atoms with van der Waals surface area (Å²) in [6.07, 6.45) is 1.48. The van der Waals surface area contributed by atoms with Gasteiger partial charge in [-0.05, 0) is 48.9 Å². The first kappa shape index (κ1) is 28.2. The Kier molecular flexibility index (Phi) is 8.81. The van der Waals surface area contributed by atoms with E-state index in [9.17, 15) is 8.42 Å². The second-order valence-electron chi connectivity index (χ2n) is 8.19. The molecule has 4 rings (SSSR count). The van der Waals surface area contributed by atoms with Gasteiger partial charge in [0.25, 0.3) is 10.0 Å². The van der Waals surface area contributed by atoms with Crippen LogP contribution in [-0.2, 0) is 16.6 Å². The first-order valence-electron chi connectivity index (χ1n) is 11.3. The van der Waals surface area contributed by atoms with Crippen molar-refractivity contribution in [2.24, 2.45) is 0 Å². The van der Waals surface area contributed by atoms with Gasteiger partial charge in [0.05, 0.1) is 31.5 Å². The van der Waals surface area contributed by atoms with E-state index in [0.29, 0.717) is 17.1 Å². The van der Waals surface area contributed by atoms with E-state index in [-0.39, 0.29) is 28.4 Å². The smallest absolute Gasteiger partial charge is 0.269 e. The quantitative estimate of drug-likeness (QED) is 0.196. The van der Waals surface area contributed by atoms with Crippen molar-refractivity contribution in [2.75, 3.05) is 23.8 Å². The summed E-state index contributed by atoms with van der Waals surface area (Å²) in [4.78, 5) is 3.61. The van der Waals surface area contributed by atoms with Gasteiger partial charge >= 0.3 is 0 Å². The van der Waals surface area contributed by atoms with Crippen molar-refractivity contribution in [2.45, 2.75) is 24.4 Å². The summed E-state index contributed by atoms with van der Waals surface area (Å²) in [7, 11) is -1.43. The average Bonchev–Trinajstić information content (AvgIpc) is 3.43. The van der Waals surface area contributed by atoms with Gasteiger partial charge < -0.3 is 14.8 Å². The van der Waals surface area contributed by atoms with E-state index in [1.165, 1.54) is 20.4 Å². The minimum Gasteiger partial charge on any atom is -0.497 e. The summed E-state index contributed by atoms with van der Waals surface area (Å²) in [5, 5.41) is 5.03. The number of ether oxygens (including phenoxy) is 2. The van der Waals surface area contributed by atoms with E-state index in [4.69, 9.17) is 21.1 Å². The SMILES string of the molecule is COc1ccc(CN(c2nccs2)S(=O)(=O)c2cc(Cl)c(NC(C)c3cccc(Br)c3)cc2F)c(OC)c1. The van der Waals surface area contributed by atoms with Gasteiger partial charge in [-0.3, -0.25) is 0 Å². The number of hydrogen-bond donors (Lipinski definition) is 1. The Bertz CT molecular complexity index is 1540. The third kappa shape index (κ3) is 6.06. The average molecular weight is 641 g/mol. The highest BCUT2D eigenvalue weighted by Crippen LogP contribution is 2.36. The third-order valence-corrected chi connectivity index (χ3v) is 9.22. The Labute approximate surface area is 238 Å². The van der Waals surface area contributed by atoms with Crippen LogP contribution >= 0.6 is 38.9 Å². The van der Waals surface area contributed by atoms with Crippen molar-refractivity contribution in [3.63, 3.8) is 0 Å². The van der Waals surface area contributed by atoms with Crippen LogP contribution in [0.25, 0.3) is 0 Å². The third-order valence-electron chi connectivity index (χ3n) is 5.75. The molecule has 0 aliphatic carbocycles. The van der Waals surface area contributed by atoms with Crippen LogP contribution in [0.2, 0.25) is 5.02 Å². The minimum atomic E-state index is -4.42. The maximum Gasteiger partial charge on any atom is 0.269 e. The summed E-state index contributed by atoms with van der Waals surface area (Å²) in [5.74, 6) is 0.0227. The number of anilines is 2. The first-order valence-corrected chi connectivity index (χ1v) is 14.8. The Balaban J connectivity index is 1.70. The summed E-state index contributed by atoms with van der Waals surface area (Å²) < 4.78 is 55.7. The lowest BCUT2D eigenvalue weighted by Gasteiger charge is -2.24. The summed E-state index contributed by atoms with van der Waals surface area (Å²) in [5.41, 5.74) is 1.75. The molecule has 0 saturated heterocycles. The van der Waals surface area contributed by atoms with Gasteiger partial charge in [0.15, 0.2) is 5.13 Å². The molecule has 1 atom stereocenters. The number of halogens is 3. The molecule has 4 aromatic rings. The van der Waals surface area contributed by atoms with Crippen LogP contribution in [0, 0.1) is 5.82 Å². The maximum atomic E-state index is 15.5. The van der Waals surface area contributed by atoms with Gasteiger partial charge in [-0.15, -0.1) is 11.3 Å². The van der Waals surface area contributed by atoms with Gasteiger partial charge in [0.2, 0.25) is 0 Å². The van der Waals surface area contributed by atoms with E-state index >= 15 is 4.39 Å². The molecule has 38 heavy (non-hydrogen) atoms. The molecule has 1 N–H and O–H groups in total. The zero-order valence-electron chi connectivity index (χ0n) is 20.6. The number of sulfonamides is 1. The van der Waals surface area contributed by atoms with Gasteiger partial charge in [0.1, 0.15) is 22.2 Å². The molecule has 0 aliphatic rings. The van der Waals surface area contributed by atoms with Crippen molar-refractivity contribution >= 4 is 59.7 Å². The minimum absolute atomic E-state index is 0.0629. The Morgan fingerprint density at radius 3 is 2.61 bits per heavy atom. The topological polar surface area (TPSA) is 80.8 Å². The number of nitrogens with zero attached hydrogens (tertiary/aromatic N) is 2. The Morgan fingerprint density at radius 2 is 1.95 bits per heavy atom. The molecule has 3 aromatic carbocycles. The molecule has 0 radical (unpaired) electrons. The van der Waals surface area contributed by atoms with E-state index < -0.39 is 20.7 Å². The van der Waals surface area contributed by atoms with Gasteiger partial charge in [-0.25, -0.2) is 22.1 Å². The molecule has 1 heterocycles. The summed E-state index contributed by atoms with van der Waals surface area (Å²) >= 11 is 11.0. The van der Waals surface area contributed by atoms with E-state index in [1.807, 2.05) is 31.2 Å². The number of methoxy groups -OCH3 is 2. The highest BCUT2D eigenvalue weighted by molar-refractivity contribution is 9.10. The molecule has 1 unspecified atom stereocenters. The van der Waals surface area contributed by atoms with Crippen molar-refractivity contribution < 1.29 is 22.3 Å². The second-order valence-corrected chi connectivity index (χ2v) is 12.2. The zero-order chi connectivity index (χ0) is 27.4. The molecule has 0 spiro atoms. The first-order chi connectivity index (χ1) is 18.1.